The lowest BCUT2D eigenvalue weighted by molar-refractivity contribution is 0.0697. The Bertz CT molecular complexity index is 477. The minimum atomic E-state index is -0.944. The summed E-state index contributed by atoms with van der Waals surface area (Å²) in [5.74, 6) is -0.944. The molecule has 21 heavy (non-hydrogen) atoms. The molecule has 0 atom stereocenters. The van der Waals surface area contributed by atoms with Crippen LogP contribution >= 0.6 is 0 Å². The van der Waals surface area contributed by atoms with Crippen LogP contribution in [0.15, 0.2) is 24.3 Å². The van der Waals surface area contributed by atoms with Crippen molar-refractivity contribution < 1.29 is 14.7 Å². The summed E-state index contributed by atoms with van der Waals surface area (Å²) in [6, 6.07) is 6.65. The molecule has 0 spiro atoms. The van der Waals surface area contributed by atoms with Crippen molar-refractivity contribution >= 4 is 12.0 Å². The van der Waals surface area contributed by atoms with Gasteiger partial charge in [-0.1, -0.05) is 37.8 Å². The van der Waals surface area contributed by atoms with Gasteiger partial charge >= 0.3 is 12.0 Å². The SMILES string of the molecule is O=C(NCc1ccc(C(=O)O)cc1)NC1CCCCCC1. The predicted molar refractivity (Wildman–Crippen MR) is 80.3 cm³/mol. The molecule has 3 N–H and O–H groups in total. The van der Waals surface area contributed by atoms with Gasteiger partial charge in [0.15, 0.2) is 0 Å². The quantitative estimate of drug-likeness (QED) is 0.746. The molecule has 2 amide bonds. The van der Waals surface area contributed by atoms with Gasteiger partial charge in [0, 0.05) is 12.6 Å². The van der Waals surface area contributed by atoms with Gasteiger partial charge < -0.3 is 15.7 Å². The Morgan fingerprint density at radius 3 is 2.24 bits per heavy atom. The lowest BCUT2D eigenvalue weighted by Crippen LogP contribution is -2.41. The molecule has 2 rings (SSSR count). The molecule has 5 heteroatoms. The first-order valence-electron chi connectivity index (χ1n) is 7.52. The molecule has 0 heterocycles. The summed E-state index contributed by atoms with van der Waals surface area (Å²) in [4.78, 5) is 22.6. The lowest BCUT2D eigenvalue weighted by atomic mass is 10.1. The molecule has 0 aliphatic heterocycles. The number of hydrogen-bond donors (Lipinski definition) is 3. The first-order valence-corrected chi connectivity index (χ1v) is 7.52. The fourth-order valence-corrected chi connectivity index (χ4v) is 2.61. The lowest BCUT2D eigenvalue weighted by Gasteiger charge is -2.16. The first-order chi connectivity index (χ1) is 10.1. The van der Waals surface area contributed by atoms with Crippen molar-refractivity contribution in [3.8, 4) is 0 Å². The molecular formula is C16H22N2O3. The minimum absolute atomic E-state index is 0.149. The maximum Gasteiger partial charge on any atom is 0.335 e. The molecular weight excluding hydrogens is 268 g/mol. The number of hydrogen-bond acceptors (Lipinski definition) is 2. The molecule has 0 bridgehead atoms. The van der Waals surface area contributed by atoms with Crippen molar-refractivity contribution in [3.05, 3.63) is 35.4 Å². The van der Waals surface area contributed by atoms with Crippen molar-refractivity contribution in [2.45, 2.75) is 51.1 Å². The minimum Gasteiger partial charge on any atom is -0.478 e. The number of amides is 2. The van der Waals surface area contributed by atoms with Gasteiger partial charge in [-0.2, -0.15) is 0 Å². The van der Waals surface area contributed by atoms with E-state index in [0.29, 0.717) is 6.54 Å². The van der Waals surface area contributed by atoms with E-state index in [-0.39, 0.29) is 17.6 Å². The third-order valence-corrected chi connectivity index (χ3v) is 3.84. The smallest absolute Gasteiger partial charge is 0.335 e. The highest BCUT2D eigenvalue weighted by Crippen LogP contribution is 2.17. The van der Waals surface area contributed by atoms with Crippen LogP contribution < -0.4 is 10.6 Å². The Balaban J connectivity index is 1.76. The summed E-state index contributed by atoms with van der Waals surface area (Å²) in [7, 11) is 0. The summed E-state index contributed by atoms with van der Waals surface area (Å²) < 4.78 is 0. The number of nitrogens with one attached hydrogen (secondary N) is 2. The van der Waals surface area contributed by atoms with Crippen molar-refractivity contribution in [2.75, 3.05) is 0 Å². The molecule has 0 radical (unpaired) electrons. The van der Waals surface area contributed by atoms with Gasteiger partial charge in [-0.05, 0) is 30.5 Å². The second kappa shape index (κ2) is 7.67. The Kier molecular flexibility index (Phi) is 5.60. The van der Waals surface area contributed by atoms with E-state index in [1.165, 1.54) is 25.7 Å². The van der Waals surface area contributed by atoms with Gasteiger partial charge in [0.1, 0.15) is 0 Å². The zero-order valence-corrected chi connectivity index (χ0v) is 12.1. The maximum atomic E-state index is 11.9. The van der Waals surface area contributed by atoms with Crippen LogP contribution in [0.5, 0.6) is 0 Å². The van der Waals surface area contributed by atoms with Gasteiger partial charge in [0.05, 0.1) is 5.56 Å². The van der Waals surface area contributed by atoms with Gasteiger partial charge in [-0.25, -0.2) is 9.59 Å². The zero-order chi connectivity index (χ0) is 15.1. The van der Waals surface area contributed by atoms with Crippen LogP contribution in [0.4, 0.5) is 4.79 Å². The molecule has 1 aliphatic carbocycles. The fraction of sp³-hybridized carbons (Fsp3) is 0.500. The molecule has 0 saturated heterocycles. The van der Waals surface area contributed by atoms with E-state index in [9.17, 15) is 9.59 Å². The average Bonchev–Trinajstić information content (AvgIpc) is 2.74. The second-order valence-corrected chi connectivity index (χ2v) is 5.52. The normalized spacial score (nSPS) is 16.0. The maximum absolute atomic E-state index is 11.9. The van der Waals surface area contributed by atoms with Crippen LogP contribution in [0.1, 0.15) is 54.4 Å². The third kappa shape index (κ3) is 5.10. The third-order valence-electron chi connectivity index (χ3n) is 3.84. The van der Waals surface area contributed by atoms with E-state index in [1.807, 2.05) is 0 Å². The standard InChI is InChI=1S/C16H22N2O3/c19-15(20)13-9-7-12(8-10-13)11-17-16(21)18-14-5-3-1-2-4-6-14/h7-10,14H,1-6,11H2,(H,19,20)(H2,17,18,21). The Morgan fingerprint density at radius 2 is 1.67 bits per heavy atom. The molecule has 1 aromatic rings. The number of rotatable bonds is 4. The van der Waals surface area contributed by atoms with Crippen LogP contribution in [-0.4, -0.2) is 23.1 Å². The summed E-state index contributed by atoms with van der Waals surface area (Å²) in [6.45, 7) is 0.401. The summed E-state index contributed by atoms with van der Waals surface area (Å²) in [5.41, 5.74) is 1.14. The van der Waals surface area contributed by atoms with Crippen LogP contribution in [-0.2, 0) is 6.54 Å². The summed E-state index contributed by atoms with van der Waals surface area (Å²) in [5, 5.41) is 14.7. The average molecular weight is 290 g/mol. The Labute approximate surface area is 124 Å². The number of carboxylic acid groups (broad SMARTS) is 1. The Hall–Kier alpha value is -2.04. The van der Waals surface area contributed by atoms with E-state index in [0.717, 1.165) is 18.4 Å². The molecule has 0 aromatic heterocycles. The van der Waals surface area contributed by atoms with Gasteiger partial charge in [-0.15, -0.1) is 0 Å². The van der Waals surface area contributed by atoms with Crippen LogP contribution in [0.3, 0.4) is 0 Å². The molecule has 5 nitrogen and oxygen atoms in total. The summed E-state index contributed by atoms with van der Waals surface area (Å²) in [6.07, 6.45) is 7.00. The number of aromatic carboxylic acids is 1. The van der Waals surface area contributed by atoms with Crippen molar-refractivity contribution in [3.63, 3.8) is 0 Å². The van der Waals surface area contributed by atoms with Crippen molar-refractivity contribution in [1.29, 1.82) is 0 Å². The highest BCUT2D eigenvalue weighted by molar-refractivity contribution is 5.87. The van der Waals surface area contributed by atoms with E-state index in [2.05, 4.69) is 10.6 Å². The predicted octanol–water partition coefficient (Wildman–Crippen LogP) is 2.91. The highest BCUT2D eigenvalue weighted by Gasteiger charge is 2.14. The van der Waals surface area contributed by atoms with Crippen molar-refractivity contribution in [1.82, 2.24) is 10.6 Å². The van der Waals surface area contributed by atoms with Gasteiger partial charge in [-0.3, -0.25) is 0 Å². The molecule has 114 valence electrons. The monoisotopic (exact) mass is 290 g/mol. The van der Waals surface area contributed by atoms with E-state index >= 15 is 0 Å². The molecule has 1 aromatic carbocycles. The van der Waals surface area contributed by atoms with E-state index < -0.39 is 5.97 Å². The van der Waals surface area contributed by atoms with E-state index in [1.54, 1.807) is 24.3 Å². The fourth-order valence-electron chi connectivity index (χ4n) is 2.61. The number of carbonyl (C=O) groups excluding carboxylic acids is 1. The molecule has 0 unspecified atom stereocenters. The number of benzene rings is 1. The largest absolute Gasteiger partial charge is 0.478 e. The molecule has 1 aliphatic rings. The highest BCUT2D eigenvalue weighted by atomic mass is 16.4. The molecule has 1 fully saturated rings. The van der Waals surface area contributed by atoms with Gasteiger partial charge in [0.25, 0.3) is 0 Å². The topological polar surface area (TPSA) is 78.4 Å². The van der Waals surface area contributed by atoms with Crippen LogP contribution in [0.25, 0.3) is 0 Å². The number of carboxylic acids is 1. The summed E-state index contributed by atoms with van der Waals surface area (Å²) >= 11 is 0. The Morgan fingerprint density at radius 1 is 1.05 bits per heavy atom. The van der Waals surface area contributed by atoms with Crippen molar-refractivity contribution in [2.24, 2.45) is 0 Å². The first kappa shape index (κ1) is 15.4. The van der Waals surface area contributed by atoms with Crippen LogP contribution in [0.2, 0.25) is 0 Å². The number of carbonyl (C=O) groups is 2. The molecule has 1 saturated carbocycles. The zero-order valence-electron chi connectivity index (χ0n) is 12.1. The second-order valence-electron chi connectivity index (χ2n) is 5.52. The van der Waals surface area contributed by atoms with Crippen LogP contribution in [0, 0.1) is 0 Å². The van der Waals surface area contributed by atoms with E-state index in [4.69, 9.17) is 5.11 Å². The number of urea groups is 1. The van der Waals surface area contributed by atoms with Gasteiger partial charge in [0.2, 0.25) is 0 Å².